The van der Waals surface area contributed by atoms with Gasteiger partial charge in [-0.1, -0.05) is 26.0 Å². The Hall–Kier alpha value is -1.59. The van der Waals surface area contributed by atoms with Crippen molar-refractivity contribution in [3.05, 3.63) is 29.3 Å². The molecule has 0 aromatic heterocycles. The highest BCUT2D eigenvalue weighted by molar-refractivity contribution is 5.75. The highest BCUT2D eigenvalue weighted by Gasteiger charge is 2.39. The third kappa shape index (κ3) is 2.64. The molecule has 5 nitrogen and oxygen atoms in total. The van der Waals surface area contributed by atoms with Crippen molar-refractivity contribution in [2.24, 2.45) is 0 Å². The van der Waals surface area contributed by atoms with Crippen LogP contribution in [0.4, 0.5) is 0 Å². The lowest BCUT2D eigenvalue weighted by Gasteiger charge is -2.21. The van der Waals surface area contributed by atoms with Gasteiger partial charge in [-0.2, -0.15) is 0 Å². The van der Waals surface area contributed by atoms with Crippen LogP contribution in [0.15, 0.2) is 18.2 Å². The number of methoxy groups -OCH3 is 1. The summed E-state index contributed by atoms with van der Waals surface area (Å²) in [5.41, 5.74) is 7.99. The molecule has 3 atom stereocenters. The molecule has 2 rings (SSSR count). The minimum atomic E-state index is -0.839. The molecule has 0 aliphatic carbocycles. The van der Waals surface area contributed by atoms with E-state index in [1.807, 2.05) is 19.1 Å². The van der Waals surface area contributed by atoms with Crippen molar-refractivity contribution in [3.8, 4) is 5.75 Å². The normalized spacial score (nSPS) is 25.9. The van der Waals surface area contributed by atoms with Crippen molar-refractivity contribution < 1.29 is 14.6 Å². The summed E-state index contributed by atoms with van der Waals surface area (Å²) in [6.45, 7) is 6.19. The fourth-order valence-corrected chi connectivity index (χ4v) is 2.80. The molecule has 1 heterocycles. The third-order valence-electron chi connectivity index (χ3n) is 3.89. The largest absolute Gasteiger partial charge is 0.496 e. The molecular formula is C15H22N2O3. The number of hydrazine groups is 1. The Morgan fingerprint density at radius 3 is 2.60 bits per heavy atom. The van der Waals surface area contributed by atoms with Gasteiger partial charge in [0.2, 0.25) is 0 Å². The number of hydrogen-bond acceptors (Lipinski definition) is 4. The van der Waals surface area contributed by atoms with E-state index in [0.29, 0.717) is 5.92 Å². The van der Waals surface area contributed by atoms with Crippen LogP contribution in [-0.2, 0) is 4.79 Å². The van der Waals surface area contributed by atoms with Gasteiger partial charge in [-0.3, -0.25) is 10.2 Å². The molecule has 0 bridgehead atoms. The zero-order valence-electron chi connectivity index (χ0n) is 12.3. The summed E-state index contributed by atoms with van der Waals surface area (Å²) in [6, 6.07) is 5.39. The van der Waals surface area contributed by atoms with Crippen LogP contribution in [0.5, 0.6) is 5.75 Å². The molecule has 1 aromatic rings. The summed E-state index contributed by atoms with van der Waals surface area (Å²) >= 11 is 0. The Labute approximate surface area is 119 Å². The minimum absolute atomic E-state index is 0.0597. The summed E-state index contributed by atoms with van der Waals surface area (Å²) in [5.74, 6) is 0.234. The highest BCUT2D eigenvalue weighted by atomic mass is 16.5. The Morgan fingerprint density at radius 2 is 2.05 bits per heavy atom. The number of carbonyl (C=O) groups is 1. The molecule has 3 unspecified atom stereocenters. The zero-order valence-corrected chi connectivity index (χ0v) is 12.3. The second kappa shape index (κ2) is 5.81. The van der Waals surface area contributed by atoms with Gasteiger partial charge in [-0.15, -0.1) is 0 Å². The van der Waals surface area contributed by atoms with Crippen molar-refractivity contribution in [1.82, 2.24) is 10.9 Å². The molecule has 1 aliphatic rings. The molecule has 1 aromatic carbocycles. The maximum Gasteiger partial charge on any atom is 0.322 e. The van der Waals surface area contributed by atoms with Crippen LogP contribution >= 0.6 is 0 Å². The smallest absolute Gasteiger partial charge is 0.322 e. The average Bonchev–Trinajstić information content (AvgIpc) is 2.80. The van der Waals surface area contributed by atoms with Gasteiger partial charge in [0, 0.05) is 12.0 Å². The molecule has 3 N–H and O–H groups in total. The first kappa shape index (κ1) is 14.8. The van der Waals surface area contributed by atoms with Crippen LogP contribution < -0.4 is 15.6 Å². The number of carboxylic acids is 1. The standard InChI is InChI=1S/C15H22N2O3/c1-8(2)11-7-10(5-6-12(11)20-4)13-9(3)16-17-14(13)15(18)19/h5-9,13-14,16-17H,1-4H3,(H,18,19). The van der Waals surface area contributed by atoms with Gasteiger partial charge in [0.25, 0.3) is 0 Å². The molecule has 110 valence electrons. The van der Waals surface area contributed by atoms with Crippen LogP contribution in [0.25, 0.3) is 0 Å². The number of rotatable bonds is 4. The van der Waals surface area contributed by atoms with Crippen molar-refractivity contribution in [2.45, 2.75) is 44.7 Å². The van der Waals surface area contributed by atoms with Crippen LogP contribution in [0.1, 0.15) is 43.7 Å². The maximum atomic E-state index is 11.3. The van der Waals surface area contributed by atoms with Crippen molar-refractivity contribution >= 4 is 5.97 Å². The molecule has 0 spiro atoms. The Balaban J connectivity index is 2.41. The highest BCUT2D eigenvalue weighted by Crippen LogP contribution is 2.33. The monoisotopic (exact) mass is 278 g/mol. The summed E-state index contributed by atoms with van der Waals surface area (Å²) in [4.78, 5) is 11.3. The van der Waals surface area contributed by atoms with Crippen LogP contribution in [0, 0.1) is 0 Å². The molecule has 1 saturated heterocycles. The van der Waals surface area contributed by atoms with E-state index in [2.05, 4.69) is 30.8 Å². The van der Waals surface area contributed by atoms with Gasteiger partial charge < -0.3 is 9.84 Å². The van der Waals surface area contributed by atoms with E-state index in [0.717, 1.165) is 16.9 Å². The van der Waals surface area contributed by atoms with Crippen molar-refractivity contribution in [3.63, 3.8) is 0 Å². The second-order valence-corrected chi connectivity index (χ2v) is 5.58. The first-order chi connectivity index (χ1) is 9.45. The molecule has 0 saturated carbocycles. The summed E-state index contributed by atoms with van der Waals surface area (Å²) < 4.78 is 5.38. The summed E-state index contributed by atoms with van der Waals surface area (Å²) in [7, 11) is 1.66. The molecule has 0 amide bonds. The lowest BCUT2D eigenvalue weighted by atomic mass is 9.85. The van der Waals surface area contributed by atoms with Crippen molar-refractivity contribution in [1.29, 1.82) is 0 Å². The fraction of sp³-hybridized carbons (Fsp3) is 0.533. The predicted molar refractivity (Wildman–Crippen MR) is 77.0 cm³/mol. The quantitative estimate of drug-likeness (QED) is 0.784. The van der Waals surface area contributed by atoms with Crippen molar-refractivity contribution in [2.75, 3.05) is 7.11 Å². The predicted octanol–water partition coefficient (Wildman–Crippen LogP) is 1.85. The van der Waals surface area contributed by atoms with E-state index in [1.54, 1.807) is 7.11 Å². The molecule has 1 aliphatic heterocycles. The number of benzene rings is 1. The lowest BCUT2D eigenvalue weighted by Crippen LogP contribution is -2.38. The minimum Gasteiger partial charge on any atom is -0.496 e. The number of hydrogen-bond donors (Lipinski definition) is 3. The van der Waals surface area contributed by atoms with E-state index >= 15 is 0 Å². The Kier molecular flexibility index (Phi) is 4.30. The first-order valence-corrected chi connectivity index (χ1v) is 6.87. The number of aliphatic carboxylic acids is 1. The molecule has 0 radical (unpaired) electrons. The van der Waals surface area contributed by atoms with E-state index in [1.165, 1.54) is 0 Å². The second-order valence-electron chi connectivity index (χ2n) is 5.58. The van der Waals surface area contributed by atoms with Gasteiger partial charge in [0.15, 0.2) is 0 Å². The molecule has 5 heteroatoms. The average molecular weight is 278 g/mol. The SMILES string of the molecule is COc1ccc(C2C(C)NNC2C(=O)O)cc1C(C)C. The first-order valence-electron chi connectivity index (χ1n) is 6.87. The summed E-state index contributed by atoms with van der Waals surface area (Å²) in [5, 5.41) is 9.31. The molecule has 1 fully saturated rings. The Morgan fingerprint density at radius 1 is 1.35 bits per heavy atom. The third-order valence-corrected chi connectivity index (χ3v) is 3.89. The zero-order chi connectivity index (χ0) is 14.9. The van der Waals surface area contributed by atoms with Gasteiger partial charge in [0.1, 0.15) is 11.8 Å². The number of carboxylic acid groups (broad SMARTS) is 1. The number of ether oxygens (including phenoxy) is 1. The lowest BCUT2D eigenvalue weighted by molar-refractivity contribution is -0.139. The molecule has 20 heavy (non-hydrogen) atoms. The van der Waals surface area contributed by atoms with Crippen LogP contribution in [-0.4, -0.2) is 30.3 Å². The van der Waals surface area contributed by atoms with Gasteiger partial charge >= 0.3 is 5.97 Å². The van der Waals surface area contributed by atoms with Gasteiger partial charge in [-0.05, 0) is 30.0 Å². The van der Waals surface area contributed by atoms with E-state index < -0.39 is 12.0 Å². The Bertz CT molecular complexity index is 502. The van der Waals surface area contributed by atoms with E-state index in [4.69, 9.17) is 4.74 Å². The van der Waals surface area contributed by atoms with Crippen LogP contribution in [0.2, 0.25) is 0 Å². The van der Waals surface area contributed by atoms with Gasteiger partial charge in [-0.25, -0.2) is 5.43 Å². The van der Waals surface area contributed by atoms with E-state index in [-0.39, 0.29) is 12.0 Å². The maximum absolute atomic E-state index is 11.3. The number of nitrogens with one attached hydrogen (secondary N) is 2. The topological polar surface area (TPSA) is 70.6 Å². The van der Waals surface area contributed by atoms with Crippen LogP contribution in [0.3, 0.4) is 0 Å². The summed E-state index contributed by atoms with van der Waals surface area (Å²) in [6.07, 6.45) is 0. The fourth-order valence-electron chi connectivity index (χ4n) is 2.80. The van der Waals surface area contributed by atoms with Gasteiger partial charge in [0.05, 0.1) is 7.11 Å². The van der Waals surface area contributed by atoms with E-state index in [9.17, 15) is 9.90 Å². The molecular weight excluding hydrogens is 256 g/mol.